The predicted octanol–water partition coefficient (Wildman–Crippen LogP) is 1.97. The molecule has 1 fully saturated rings. The minimum atomic E-state index is -0.558. The topological polar surface area (TPSA) is 78.7 Å². The Bertz CT molecular complexity index is 454. The van der Waals surface area contributed by atoms with Crippen LogP contribution in [0.25, 0.3) is 0 Å². The summed E-state index contributed by atoms with van der Waals surface area (Å²) in [7, 11) is 0. The molecule has 0 aliphatic carbocycles. The molecule has 1 aliphatic heterocycles. The quantitative estimate of drug-likeness (QED) is 0.454. The summed E-state index contributed by atoms with van der Waals surface area (Å²) in [6, 6.07) is 4.14. The molecule has 1 saturated heterocycles. The fourth-order valence-corrected chi connectivity index (χ4v) is 1.83. The van der Waals surface area contributed by atoms with Crippen LogP contribution in [0.3, 0.4) is 0 Å². The van der Waals surface area contributed by atoms with Crippen LogP contribution in [0.4, 0.5) is 5.69 Å². The summed E-state index contributed by atoms with van der Waals surface area (Å²) in [5, 5.41) is 10.9. The molecule has 1 aliphatic rings. The highest BCUT2D eigenvalue weighted by molar-refractivity contribution is 5.77. The van der Waals surface area contributed by atoms with Gasteiger partial charge in [-0.15, -0.1) is 0 Å². The SMILES string of the molecule is O=Cc1ccc(OCC2CCCO2)c([N+](=O)[O-])c1. The second-order valence-corrected chi connectivity index (χ2v) is 4.05. The Morgan fingerprint density at radius 2 is 2.39 bits per heavy atom. The molecule has 0 saturated carbocycles. The molecule has 2 rings (SSSR count). The van der Waals surface area contributed by atoms with Gasteiger partial charge in [0, 0.05) is 18.2 Å². The summed E-state index contributed by atoms with van der Waals surface area (Å²) in [5.41, 5.74) is 0.0590. The molecule has 6 heteroatoms. The summed E-state index contributed by atoms with van der Waals surface area (Å²) in [5.74, 6) is 0.168. The molecule has 18 heavy (non-hydrogen) atoms. The van der Waals surface area contributed by atoms with Crippen LogP contribution in [0, 0.1) is 10.1 Å². The Balaban J connectivity index is 2.10. The van der Waals surface area contributed by atoms with Gasteiger partial charge in [0.05, 0.1) is 11.0 Å². The molecule has 0 radical (unpaired) electrons. The average molecular weight is 251 g/mol. The molecule has 6 nitrogen and oxygen atoms in total. The molecule has 0 amide bonds. The zero-order chi connectivity index (χ0) is 13.0. The lowest BCUT2D eigenvalue weighted by Gasteiger charge is -2.11. The first kappa shape index (κ1) is 12.5. The molecule has 0 bridgehead atoms. The van der Waals surface area contributed by atoms with E-state index < -0.39 is 4.92 Å². The zero-order valence-electron chi connectivity index (χ0n) is 9.70. The Labute approximate surface area is 104 Å². The maximum atomic E-state index is 10.9. The third-order valence-corrected chi connectivity index (χ3v) is 2.76. The maximum Gasteiger partial charge on any atom is 0.311 e. The van der Waals surface area contributed by atoms with Crippen molar-refractivity contribution in [2.75, 3.05) is 13.2 Å². The lowest BCUT2D eigenvalue weighted by molar-refractivity contribution is -0.385. The second-order valence-electron chi connectivity index (χ2n) is 4.05. The normalized spacial score (nSPS) is 18.6. The Kier molecular flexibility index (Phi) is 3.88. The highest BCUT2D eigenvalue weighted by Gasteiger charge is 2.20. The number of ether oxygens (including phenoxy) is 2. The summed E-state index contributed by atoms with van der Waals surface area (Å²) in [6.07, 6.45) is 2.45. The summed E-state index contributed by atoms with van der Waals surface area (Å²) < 4.78 is 10.8. The number of carbonyl (C=O) groups is 1. The number of nitro benzene ring substituents is 1. The van der Waals surface area contributed by atoms with Crippen molar-refractivity contribution in [1.82, 2.24) is 0 Å². The molecule has 0 spiro atoms. The van der Waals surface area contributed by atoms with Gasteiger partial charge in [-0.2, -0.15) is 0 Å². The van der Waals surface area contributed by atoms with E-state index >= 15 is 0 Å². The monoisotopic (exact) mass is 251 g/mol. The number of nitrogens with zero attached hydrogens (tertiary/aromatic N) is 1. The van der Waals surface area contributed by atoms with Crippen LogP contribution in [-0.2, 0) is 4.74 Å². The van der Waals surface area contributed by atoms with Crippen LogP contribution in [0.1, 0.15) is 23.2 Å². The van der Waals surface area contributed by atoms with E-state index in [1.807, 2.05) is 0 Å². The van der Waals surface area contributed by atoms with E-state index in [2.05, 4.69) is 0 Å². The van der Waals surface area contributed by atoms with Crippen LogP contribution in [0.5, 0.6) is 5.75 Å². The fourth-order valence-electron chi connectivity index (χ4n) is 1.83. The lowest BCUT2D eigenvalue weighted by Crippen LogP contribution is -2.16. The molecule has 0 aromatic heterocycles. The van der Waals surface area contributed by atoms with Gasteiger partial charge in [0.25, 0.3) is 0 Å². The molecular weight excluding hydrogens is 238 g/mol. The van der Waals surface area contributed by atoms with Crippen molar-refractivity contribution in [1.29, 1.82) is 0 Å². The van der Waals surface area contributed by atoms with Crippen LogP contribution in [0.15, 0.2) is 18.2 Å². The van der Waals surface area contributed by atoms with E-state index in [-0.39, 0.29) is 23.1 Å². The Morgan fingerprint density at radius 1 is 1.56 bits per heavy atom. The Morgan fingerprint density at radius 3 is 3.00 bits per heavy atom. The van der Waals surface area contributed by atoms with Gasteiger partial charge in [-0.1, -0.05) is 0 Å². The van der Waals surface area contributed by atoms with E-state index in [0.717, 1.165) is 12.8 Å². The maximum absolute atomic E-state index is 10.9. The summed E-state index contributed by atoms with van der Waals surface area (Å²) in [4.78, 5) is 20.9. The summed E-state index contributed by atoms with van der Waals surface area (Å²) >= 11 is 0. The van der Waals surface area contributed by atoms with Gasteiger partial charge >= 0.3 is 5.69 Å². The van der Waals surface area contributed by atoms with E-state index in [9.17, 15) is 14.9 Å². The van der Waals surface area contributed by atoms with E-state index in [1.165, 1.54) is 18.2 Å². The van der Waals surface area contributed by atoms with Gasteiger partial charge < -0.3 is 9.47 Å². The first-order valence-corrected chi connectivity index (χ1v) is 5.68. The number of rotatable bonds is 5. The molecule has 1 aromatic rings. The fraction of sp³-hybridized carbons (Fsp3) is 0.417. The van der Waals surface area contributed by atoms with Crippen LogP contribution < -0.4 is 4.74 Å². The van der Waals surface area contributed by atoms with Crippen LogP contribution in [0.2, 0.25) is 0 Å². The van der Waals surface area contributed by atoms with Gasteiger partial charge in [-0.05, 0) is 25.0 Å². The van der Waals surface area contributed by atoms with Crippen molar-refractivity contribution < 1.29 is 19.2 Å². The first-order chi connectivity index (χ1) is 8.70. The first-order valence-electron chi connectivity index (χ1n) is 5.68. The van der Waals surface area contributed by atoms with Gasteiger partial charge in [0.2, 0.25) is 0 Å². The number of nitro groups is 1. The van der Waals surface area contributed by atoms with Crippen molar-refractivity contribution in [2.24, 2.45) is 0 Å². The van der Waals surface area contributed by atoms with E-state index in [1.54, 1.807) is 0 Å². The van der Waals surface area contributed by atoms with Gasteiger partial charge in [0.1, 0.15) is 12.9 Å². The minimum absolute atomic E-state index is 0.00430. The molecule has 96 valence electrons. The number of hydrogen-bond donors (Lipinski definition) is 0. The number of carbonyl (C=O) groups excluding carboxylic acids is 1. The van der Waals surface area contributed by atoms with Crippen molar-refractivity contribution in [3.63, 3.8) is 0 Å². The predicted molar refractivity (Wildman–Crippen MR) is 63.0 cm³/mol. The van der Waals surface area contributed by atoms with Crippen molar-refractivity contribution in [2.45, 2.75) is 18.9 Å². The van der Waals surface area contributed by atoms with E-state index in [4.69, 9.17) is 9.47 Å². The molecular formula is C12H13NO5. The molecule has 1 unspecified atom stereocenters. The smallest absolute Gasteiger partial charge is 0.311 e. The Hall–Kier alpha value is -1.95. The third kappa shape index (κ3) is 2.84. The zero-order valence-corrected chi connectivity index (χ0v) is 9.70. The summed E-state index contributed by atoms with van der Waals surface area (Å²) in [6.45, 7) is 1.00. The standard InChI is InChI=1S/C12H13NO5/c14-7-9-3-4-12(11(6-9)13(15)16)18-8-10-2-1-5-17-10/h3-4,6-7,10H,1-2,5,8H2. The number of aldehydes is 1. The third-order valence-electron chi connectivity index (χ3n) is 2.76. The highest BCUT2D eigenvalue weighted by atomic mass is 16.6. The number of hydrogen-bond acceptors (Lipinski definition) is 5. The largest absolute Gasteiger partial charge is 0.484 e. The van der Waals surface area contributed by atoms with Crippen LogP contribution >= 0.6 is 0 Å². The molecule has 1 atom stereocenters. The molecule has 0 N–H and O–H groups in total. The number of benzene rings is 1. The van der Waals surface area contributed by atoms with Crippen molar-refractivity contribution >= 4 is 12.0 Å². The molecule has 1 aromatic carbocycles. The minimum Gasteiger partial charge on any atom is -0.484 e. The average Bonchev–Trinajstić information content (AvgIpc) is 2.89. The van der Waals surface area contributed by atoms with Gasteiger partial charge in [-0.25, -0.2) is 0 Å². The van der Waals surface area contributed by atoms with Crippen molar-refractivity contribution in [3.8, 4) is 5.75 Å². The van der Waals surface area contributed by atoms with Gasteiger partial charge in [0.15, 0.2) is 5.75 Å². The molecule has 1 heterocycles. The highest BCUT2D eigenvalue weighted by Crippen LogP contribution is 2.28. The van der Waals surface area contributed by atoms with E-state index in [0.29, 0.717) is 19.5 Å². The van der Waals surface area contributed by atoms with Crippen LogP contribution in [-0.4, -0.2) is 30.5 Å². The second kappa shape index (κ2) is 5.59. The lowest BCUT2D eigenvalue weighted by atomic mass is 10.2. The van der Waals surface area contributed by atoms with Crippen molar-refractivity contribution in [3.05, 3.63) is 33.9 Å². The van der Waals surface area contributed by atoms with Gasteiger partial charge in [-0.3, -0.25) is 14.9 Å².